The highest BCUT2D eigenvalue weighted by molar-refractivity contribution is 6.00. The Morgan fingerprint density at radius 1 is 1.16 bits per heavy atom. The van der Waals surface area contributed by atoms with E-state index in [-0.39, 0.29) is 6.04 Å². The molecule has 1 aromatic rings. The lowest BCUT2D eigenvalue weighted by Gasteiger charge is -2.41. The summed E-state index contributed by atoms with van der Waals surface area (Å²) in [5.41, 5.74) is 3.77. The van der Waals surface area contributed by atoms with E-state index >= 15 is 0 Å². The van der Waals surface area contributed by atoms with Crippen molar-refractivity contribution in [2.24, 2.45) is 0 Å². The first-order valence-electron chi connectivity index (χ1n) is 9.68. The van der Waals surface area contributed by atoms with Crippen molar-refractivity contribution in [1.29, 1.82) is 0 Å². The lowest BCUT2D eigenvalue weighted by atomic mass is 10.1. The van der Waals surface area contributed by atoms with E-state index in [1.165, 1.54) is 25.7 Å². The van der Waals surface area contributed by atoms with Gasteiger partial charge in [0.25, 0.3) is 5.91 Å². The van der Waals surface area contributed by atoms with Crippen LogP contribution in [0.3, 0.4) is 0 Å². The number of aryl methyl sites for hydroxylation is 2. The molecule has 25 heavy (non-hydrogen) atoms. The largest absolute Gasteiger partial charge is 0.314 e. The Morgan fingerprint density at radius 3 is 2.28 bits per heavy atom. The molecule has 2 fully saturated rings. The zero-order valence-corrected chi connectivity index (χ0v) is 15.8. The number of likely N-dealkylation sites (tertiary alicyclic amines) is 1. The van der Waals surface area contributed by atoms with Crippen molar-refractivity contribution >= 4 is 17.3 Å². The minimum Gasteiger partial charge on any atom is -0.314 e. The fourth-order valence-electron chi connectivity index (χ4n) is 4.99. The highest BCUT2D eigenvalue weighted by Gasteiger charge is 2.47. The van der Waals surface area contributed by atoms with Gasteiger partial charge in [-0.05, 0) is 57.6 Å². The number of quaternary nitrogens is 1. The van der Waals surface area contributed by atoms with Gasteiger partial charge in [-0.15, -0.1) is 0 Å². The maximum atomic E-state index is 13.4. The molecule has 0 saturated carbocycles. The van der Waals surface area contributed by atoms with Crippen molar-refractivity contribution in [2.75, 3.05) is 31.1 Å². The van der Waals surface area contributed by atoms with Crippen LogP contribution in [-0.4, -0.2) is 42.6 Å². The van der Waals surface area contributed by atoms with E-state index in [4.69, 9.17) is 6.57 Å². The molecule has 0 spiro atoms. The van der Waals surface area contributed by atoms with Crippen LogP contribution in [0.5, 0.6) is 0 Å². The summed E-state index contributed by atoms with van der Waals surface area (Å²) in [6.07, 6.45) is 6.06. The molecule has 0 aliphatic carbocycles. The molecule has 0 radical (unpaired) electrons. The van der Waals surface area contributed by atoms with Gasteiger partial charge in [0.1, 0.15) is 0 Å². The van der Waals surface area contributed by atoms with Crippen LogP contribution in [0.1, 0.15) is 50.2 Å². The first-order chi connectivity index (χ1) is 12.0. The number of nitrogens with zero attached hydrogens (tertiary/aromatic N) is 3. The fourth-order valence-corrected chi connectivity index (χ4v) is 4.99. The molecular formula is C21H30N3O+. The van der Waals surface area contributed by atoms with Gasteiger partial charge < -0.3 is 9.38 Å². The maximum absolute atomic E-state index is 13.4. The summed E-state index contributed by atoms with van der Waals surface area (Å²) in [6, 6.07) is 3.93. The first kappa shape index (κ1) is 17.9. The summed E-state index contributed by atoms with van der Waals surface area (Å²) < 4.78 is 0.980. The number of amides is 1. The Hall–Kier alpha value is -1.86. The van der Waals surface area contributed by atoms with E-state index < -0.39 is 0 Å². The fraction of sp³-hybridized carbons (Fsp3) is 0.619. The number of likely N-dealkylation sites (N-methyl/N-ethyl adjacent to an activating group) is 1. The van der Waals surface area contributed by atoms with Gasteiger partial charge in [-0.25, -0.2) is 4.85 Å². The van der Waals surface area contributed by atoms with Gasteiger partial charge in [0.2, 0.25) is 0 Å². The summed E-state index contributed by atoms with van der Waals surface area (Å²) >= 11 is 0. The number of anilines is 1. The molecule has 2 aliphatic rings. The number of rotatable bonds is 3. The van der Waals surface area contributed by atoms with Crippen LogP contribution in [0.2, 0.25) is 0 Å². The Kier molecular flexibility index (Phi) is 5.15. The third-order valence-corrected chi connectivity index (χ3v) is 6.30. The van der Waals surface area contributed by atoms with Crippen molar-refractivity contribution in [2.45, 2.75) is 58.9 Å². The molecular weight excluding hydrogens is 310 g/mol. The molecule has 0 N–H and O–H groups in total. The molecule has 0 aromatic heterocycles. The topological polar surface area (TPSA) is 24.7 Å². The van der Waals surface area contributed by atoms with Crippen LogP contribution in [0, 0.1) is 20.4 Å². The minimum absolute atomic E-state index is 0.113. The van der Waals surface area contributed by atoms with E-state index in [0.29, 0.717) is 11.6 Å². The maximum Gasteiger partial charge on any atom is 0.285 e. The Balaban J connectivity index is 1.91. The lowest BCUT2D eigenvalue weighted by Crippen LogP contribution is -2.58. The number of carbonyl (C=O) groups excluding carboxylic acids is 1. The molecule has 1 atom stereocenters. The van der Waals surface area contributed by atoms with Crippen molar-refractivity contribution in [1.82, 2.24) is 0 Å². The minimum atomic E-state index is 0.113. The van der Waals surface area contributed by atoms with Crippen LogP contribution >= 0.6 is 0 Å². The van der Waals surface area contributed by atoms with E-state index in [2.05, 4.69) is 11.8 Å². The van der Waals surface area contributed by atoms with Crippen LogP contribution < -0.4 is 4.90 Å². The molecule has 1 unspecified atom stereocenters. The monoisotopic (exact) mass is 340 g/mol. The molecule has 4 nitrogen and oxygen atoms in total. The van der Waals surface area contributed by atoms with Gasteiger partial charge in [-0.2, -0.15) is 0 Å². The van der Waals surface area contributed by atoms with Gasteiger partial charge in [-0.3, -0.25) is 4.79 Å². The average Bonchev–Trinajstić information content (AvgIpc) is 2.83. The van der Waals surface area contributed by atoms with Crippen LogP contribution in [-0.2, 0) is 4.79 Å². The summed E-state index contributed by atoms with van der Waals surface area (Å²) in [5.74, 6) is 0.297. The summed E-state index contributed by atoms with van der Waals surface area (Å²) in [4.78, 5) is 18.9. The third-order valence-electron chi connectivity index (χ3n) is 6.30. The molecule has 1 amide bonds. The van der Waals surface area contributed by atoms with Crippen LogP contribution in [0.15, 0.2) is 12.1 Å². The zero-order valence-electron chi connectivity index (χ0n) is 15.8. The molecule has 3 rings (SSSR count). The van der Waals surface area contributed by atoms with Gasteiger partial charge in [-0.1, -0.05) is 12.1 Å². The predicted molar refractivity (Wildman–Crippen MR) is 102 cm³/mol. The number of carbonyl (C=O) groups is 1. The van der Waals surface area contributed by atoms with Crippen LogP contribution in [0.25, 0.3) is 4.85 Å². The average molecular weight is 340 g/mol. The van der Waals surface area contributed by atoms with Gasteiger partial charge in [0.05, 0.1) is 26.2 Å². The Morgan fingerprint density at radius 2 is 1.76 bits per heavy atom. The predicted octanol–water partition coefficient (Wildman–Crippen LogP) is 4.37. The summed E-state index contributed by atoms with van der Waals surface area (Å²) in [5, 5.41) is 0. The molecule has 2 aliphatic heterocycles. The highest BCUT2D eigenvalue weighted by atomic mass is 16.2. The van der Waals surface area contributed by atoms with Crippen molar-refractivity contribution in [3.8, 4) is 0 Å². The smallest absolute Gasteiger partial charge is 0.285 e. The molecule has 1 aromatic carbocycles. The second-order valence-electron chi connectivity index (χ2n) is 7.73. The molecule has 2 heterocycles. The van der Waals surface area contributed by atoms with E-state index in [1.54, 1.807) is 0 Å². The zero-order chi connectivity index (χ0) is 18.0. The Labute approximate surface area is 151 Å². The van der Waals surface area contributed by atoms with Crippen molar-refractivity contribution in [3.63, 3.8) is 0 Å². The number of hydrogen-bond acceptors (Lipinski definition) is 1. The standard InChI is InChI=1S/C21H30N3O/c1-5-24(12-8-6-7-9-13-24)19-10-11-23(21(19)25)20-16(2)14-18(22-4)15-17(20)3/h14-15,19H,5-13H2,1-3H3/q+1. The first-order valence-corrected chi connectivity index (χ1v) is 9.68. The number of hydrogen-bond donors (Lipinski definition) is 0. The summed E-state index contributed by atoms with van der Waals surface area (Å²) in [6.45, 7) is 17.7. The highest BCUT2D eigenvalue weighted by Crippen LogP contribution is 2.36. The van der Waals surface area contributed by atoms with Gasteiger partial charge in [0, 0.05) is 18.7 Å². The Bertz CT molecular complexity index is 673. The third kappa shape index (κ3) is 3.18. The van der Waals surface area contributed by atoms with Crippen molar-refractivity contribution < 1.29 is 9.28 Å². The SMILES string of the molecule is [C-]#[N+]c1cc(C)c(N2CCC([N+]3(CC)CCCCCC3)C2=O)c(C)c1. The van der Waals surface area contributed by atoms with Crippen LogP contribution in [0.4, 0.5) is 11.4 Å². The van der Waals surface area contributed by atoms with Gasteiger partial charge in [0.15, 0.2) is 11.7 Å². The molecule has 134 valence electrons. The second-order valence-corrected chi connectivity index (χ2v) is 7.73. The summed E-state index contributed by atoms with van der Waals surface area (Å²) in [7, 11) is 0. The van der Waals surface area contributed by atoms with E-state index in [1.807, 2.05) is 30.9 Å². The van der Waals surface area contributed by atoms with Crippen molar-refractivity contribution in [3.05, 3.63) is 34.7 Å². The lowest BCUT2D eigenvalue weighted by molar-refractivity contribution is -0.939. The van der Waals surface area contributed by atoms with E-state index in [9.17, 15) is 4.79 Å². The van der Waals surface area contributed by atoms with Gasteiger partial charge >= 0.3 is 0 Å². The quantitative estimate of drug-likeness (QED) is 0.592. The molecule has 2 saturated heterocycles. The molecule has 0 bridgehead atoms. The second kappa shape index (κ2) is 7.17. The van der Waals surface area contributed by atoms with E-state index in [0.717, 1.165) is 53.9 Å². The normalized spacial score (nSPS) is 23.4. The molecule has 4 heteroatoms. The number of benzene rings is 1.